The molecule has 0 aliphatic rings. The summed E-state index contributed by atoms with van der Waals surface area (Å²) in [7, 11) is 0. The zero-order valence-corrected chi connectivity index (χ0v) is 17.7. The predicted octanol–water partition coefficient (Wildman–Crippen LogP) is 6.85. The van der Waals surface area contributed by atoms with Crippen molar-refractivity contribution < 1.29 is 4.74 Å². The van der Waals surface area contributed by atoms with Crippen LogP contribution in [0.25, 0.3) is 17.1 Å². The molecule has 0 aliphatic carbocycles. The molecule has 0 saturated carbocycles. The number of nitrogens with zero attached hydrogens (tertiary/aromatic N) is 2. The number of ether oxygens (including phenoxy) is 1. The maximum absolute atomic E-state index is 6.55. The summed E-state index contributed by atoms with van der Waals surface area (Å²) >= 11 is 0. The van der Waals surface area contributed by atoms with Crippen molar-refractivity contribution in [3.05, 3.63) is 144 Å². The van der Waals surface area contributed by atoms with E-state index in [0.717, 1.165) is 33.9 Å². The highest BCUT2D eigenvalue weighted by Crippen LogP contribution is 2.33. The van der Waals surface area contributed by atoms with Crippen LogP contribution < -0.4 is 0 Å². The van der Waals surface area contributed by atoms with Crippen molar-refractivity contribution >= 4 is 0 Å². The average molecular weight is 417 g/mol. The number of benzene rings is 4. The van der Waals surface area contributed by atoms with Crippen LogP contribution in [0.2, 0.25) is 0 Å². The van der Waals surface area contributed by atoms with E-state index >= 15 is 0 Å². The van der Waals surface area contributed by atoms with Crippen LogP contribution >= 0.6 is 0 Å². The van der Waals surface area contributed by atoms with Crippen molar-refractivity contribution in [2.24, 2.45) is 0 Å². The number of imidazole rings is 1. The lowest BCUT2D eigenvalue weighted by Gasteiger charge is -2.21. The Kier molecular flexibility index (Phi) is 5.91. The van der Waals surface area contributed by atoms with Crippen molar-refractivity contribution in [2.45, 2.75) is 12.7 Å². The third-order valence-corrected chi connectivity index (χ3v) is 5.47. The molecule has 1 aromatic heterocycles. The largest absolute Gasteiger partial charge is 0.362 e. The second kappa shape index (κ2) is 9.46. The summed E-state index contributed by atoms with van der Waals surface area (Å²) in [5.74, 6) is 0.899. The standard InChI is InChI=1S/C29H24N2O/c1-5-13-23(14-6-1)22-32-28(24-15-7-2-8-16-24)27-21-30-29(25-17-9-3-10-18-25)31(27)26-19-11-4-12-20-26/h1-21,28H,22H2. The minimum Gasteiger partial charge on any atom is -0.362 e. The summed E-state index contributed by atoms with van der Waals surface area (Å²) in [6.45, 7) is 0.515. The van der Waals surface area contributed by atoms with E-state index in [9.17, 15) is 0 Å². The van der Waals surface area contributed by atoms with E-state index in [-0.39, 0.29) is 6.10 Å². The molecule has 1 heterocycles. The SMILES string of the molecule is c1ccc(COC(c2ccccc2)c2cnc(-c3ccccc3)n2-c2ccccc2)cc1. The lowest BCUT2D eigenvalue weighted by atomic mass is 10.1. The van der Waals surface area contributed by atoms with Crippen LogP contribution in [0.4, 0.5) is 0 Å². The van der Waals surface area contributed by atoms with Gasteiger partial charge in [0, 0.05) is 11.3 Å². The van der Waals surface area contributed by atoms with Crippen LogP contribution in [-0.2, 0) is 11.3 Å². The lowest BCUT2D eigenvalue weighted by Crippen LogP contribution is -2.12. The van der Waals surface area contributed by atoms with E-state index < -0.39 is 0 Å². The van der Waals surface area contributed by atoms with Crippen LogP contribution in [0.15, 0.2) is 128 Å². The summed E-state index contributed by atoms with van der Waals surface area (Å²) in [6, 6.07) is 41.3. The van der Waals surface area contributed by atoms with Crippen molar-refractivity contribution in [2.75, 3.05) is 0 Å². The molecule has 0 saturated heterocycles. The van der Waals surface area contributed by atoms with Gasteiger partial charge in [-0.1, -0.05) is 109 Å². The van der Waals surface area contributed by atoms with Gasteiger partial charge in [0.15, 0.2) is 0 Å². The molecular weight excluding hydrogens is 392 g/mol. The first-order valence-electron chi connectivity index (χ1n) is 10.8. The van der Waals surface area contributed by atoms with E-state index in [1.165, 1.54) is 0 Å². The first kappa shape index (κ1) is 20.0. The molecule has 4 aromatic carbocycles. The monoisotopic (exact) mass is 416 g/mol. The third kappa shape index (κ3) is 4.25. The van der Waals surface area contributed by atoms with Crippen molar-refractivity contribution in [1.29, 1.82) is 0 Å². The van der Waals surface area contributed by atoms with Gasteiger partial charge in [0.05, 0.1) is 18.5 Å². The number of aromatic nitrogens is 2. The van der Waals surface area contributed by atoms with Crippen LogP contribution in [0.5, 0.6) is 0 Å². The molecule has 5 rings (SSSR count). The fourth-order valence-corrected chi connectivity index (χ4v) is 3.92. The molecular formula is C29H24N2O. The molecule has 1 atom stereocenters. The first-order chi connectivity index (χ1) is 15.9. The topological polar surface area (TPSA) is 27.1 Å². The van der Waals surface area contributed by atoms with Crippen molar-refractivity contribution in [3.63, 3.8) is 0 Å². The minimum absolute atomic E-state index is 0.262. The molecule has 0 amide bonds. The highest BCUT2D eigenvalue weighted by molar-refractivity contribution is 5.60. The normalized spacial score (nSPS) is 11.9. The number of para-hydroxylation sites is 1. The van der Waals surface area contributed by atoms with Crippen LogP contribution in [0, 0.1) is 0 Å². The Morgan fingerprint density at radius 3 is 1.88 bits per heavy atom. The van der Waals surface area contributed by atoms with E-state index in [1.54, 1.807) is 0 Å². The van der Waals surface area contributed by atoms with Crippen LogP contribution in [0.1, 0.15) is 22.9 Å². The summed E-state index contributed by atoms with van der Waals surface area (Å²) in [4.78, 5) is 4.85. The number of hydrogen-bond acceptors (Lipinski definition) is 2. The fraction of sp³-hybridized carbons (Fsp3) is 0.0690. The molecule has 0 N–H and O–H groups in total. The highest BCUT2D eigenvalue weighted by Gasteiger charge is 2.23. The van der Waals surface area contributed by atoms with Gasteiger partial charge < -0.3 is 4.74 Å². The molecule has 0 bridgehead atoms. The second-order valence-corrected chi connectivity index (χ2v) is 7.63. The van der Waals surface area contributed by atoms with Gasteiger partial charge in [-0.2, -0.15) is 0 Å². The van der Waals surface area contributed by atoms with E-state index in [1.807, 2.05) is 54.7 Å². The van der Waals surface area contributed by atoms with Gasteiger partial charge in [-0.25, -0.2) is 4.98 Å². The van der Waals surface area contributed by atoms with Gasteiger partial charge >= 0.3 is 0 Å². The molecule has 0 radical (unpaired) electrons. The Balaban J connectivity index is 1.63. The average Bonchev–Trinajstić information content (AvgIpc) is 3.31. The Labute approximate surface area is 188 Å². The summed E-state index contributed by atoms with van der Waals surface area (Å²) in [5, 5.41) is 0. The molecule has 156 valence electrons. The Bertz CT molecular complexity index is 1250. The quantitative estimate of drug-likeness (QED) is 0.290. The maximum Gasteiger partial charge on any atom is 0.144 e. The summed E-state index contributed by atoms with van der Waals surface area (Å²) in [5.41, 5.74) is 5.36. The number of hydrogen-bond donors (Lipinski definition) is 0. The second-order valence-electron chi connectivity index (χ2n) is 7.63. The van der Waals surface area contributed by atoms with Crippen molar-refractivity contribution in [3.8, 4) is 17.1 Å². The molecule has 1 unspecified atom stereocenters. The summed E-state index contributed by atoms with van der Waals surface area (Å²) < 4.78 is 8.76. The zero-order valence-electron chi connectivity index (χ0n) is 17.7. The molecule has 32 heavy (non-hydrogen) atoms. The lowest BCUT2D eigenvalue weighted by molar-refractivity contribution is 0.0630. The zero-order chi connectivity index (χ0) is 21.6. The van der Waals surface area contributed by atoms with E-state index in [0.29, 0.717) is 6.61 Å². The molecule has 0 fully saturated rings. The molecule has 5 aromatic rings. The smallest absolute Gasteiger partial charge is 0.144 e. The minimum atomic E-state index is -0.262. The van der Waals surface area contributed by atoms with Crippen LogP contribution in [0.3, 0.4) is 0 Å². The van der Waals surface area contributed by atoms with E-state index in [4.69, 9.17) is 9.72 Å². The van der Waals surface area contributed by atoms with Gasteiger partial charge in [-0.3, -0.25) is 4.57 Å². The van der Waals surface area contributed by atoms with Gasteiger partial charge in [-0.05, 0) is 23.3 Å². The Hall–Kier alpha value is -3.95. The molecule has 3 heteroatoms. The Morgan fingerprint density at radius 2 is 1.22 bits per heavy atom. The number of rotatable bonds is 7. The van der Waals surface area contributed by atoms with Gasteiger partial charge in [-0.15, -0.1) is 0 Å². The predicted molar refractivity (Wildman–Crippen MR) is 129 cm³/mol. The van der Waals surface area contributed by atoms with Gasteiger partial charge in [0.1, 0.15) is 11.9 Å². The molecule has 0 spiro atoms. The van der Waals surface area contributed by atoms with Gasteiger partial charge in [0.25, 0.3) is 0 Å². The summed E-state index contributed by atoms with van der Waals surface area (Å²) in [6.07, 6.45) is 1.68. The highest BCUT2D eigenvalue weighted by atomic mass is 16.5. The molecule has 3 nitrogen and oxygen atoms in total. The fourth-order valence-electron chi connectivity index (χ4n) is 3.92. The third-order valence-electron chi connectivity index (χ3n) is 5.47. The van der Waals surface area contributed by atoms with Crippen molar-refractivity contribution in [1.82, 2.24) is 9.55 Å². The van der Waals surface area contributed by atoms with Crippen LogP contribution in [-0.4, -0.2) is 9.55 Å². The van der Waals surface area contributed by atoms with Gasteiger partial charge in [0.2, 0.25) is 0 Å². The Morgan fingerprint density at radius 1 is 0.656 bits per heavy atom. The van der Waals surface area contributed by atoms with E-state index in [2.05, 4.69) is 77.4 Å². The molecule has 0 aliphatic heterocycles. The first-order valence-corrected chi connectivity index (χ1v) is 10.8. The maximum atomic E-state index is 6.55.